The molecule has 0 unspecified atom stereocenters. The van der Waals surface area contributed by atoms with Gasteiger partial charge in [0.25, 0.3) is 0 Å². The summed E-state index contributed by atoms with van der Waals surface area (Å²) in [6.45, 7) is 40.8. The second kappa shape index (κ2) is 7.29. The largest absolute Gasteiger partial charge is 0.0998 e. The maximum absolute atomic E-state index is 4.72. The summed E-state index contributed by atoms with van der Waals surface area (Å²) in [5.74, 6) is 0.602. The molecule has 5 aliphatic carbocycles. The summed E-state index contributed by atoms with van der Waals surface area (Å²) in [5.41, 5.74) is 7.04. The molecule has 5 aliphatic rings. The summed E-state index contributed by atoms with van der Waals surface area (Å²) in [6, 6.07) is 0. The summed E-state index contributed by atoms with van der Waals surface area (Å²) in [4.78, 5) is 0. The third kappa shape index (κ3) is 2.44. The molecule has 0 aliphatic heterocycles. The van der Waals surface area contributed by atoms with Crippen molar-refractivity contribution >= 4 is 0 Å². The van der Waals surface area contributed by atoms with Gasteiger partial charge in [-0.15, -0.1) is 0 Å². The Labute approximate surface area is 231 Å². The molecule has 0 saturated heterocycles. The van der Waals surface area contributed by atoms with Crippen molar-refractivity contribution in [2.75, 3.05) is 0 Å². The molecule has 0 heterocycles. The summed E-state index contributed by atoms with van der Waals surface area (Å²) in [5, 5.41) is 0. The molecule has 0 nitrogen and oxygen atoms in total. The van der Waals surface area contributed by atoms with Crippen LogP contribution in [0.3, 0.4) is 0 Å². The van der Waals surface area contributed by atoms with Gasteiger partial charge in [-0.25, -0.2) is 0 Å². The van der Waals surface area contributed by atoms with Crippen molar-refractivity contribution < 1.29 is 0 Å². The lowest BCUT2D eigenvalue weighted by Gasteiger charge is -2.83. The van der Waals surface area contributed by atoms with Gasteiger partial charge in [-0.3, -0.25) is 0 Å². The van der Waals surface area contributed by atoms with Gasteiger partial charge in [0.1, 0.15) is 0 Å². The second-order valence-corrected chi connectivity index (χ2v) is 17.2. The van der Waals surface area contributed by atoms with Crippen LogP contribution in [-0.4, -0.2) is 0 Å². The van der Waals surface area contributed by atoms with Crippen LogP contribution in [0.15, 0.2) is 36.0 Å². The van der Waals surface area contributed by atoms with Crippen LogP contribution in [0.2, 0.25) is 0 Å². The lowest BCUT2D eigenvalue weighted by Crippen LogP contribution is -2.76. The highest BCUT2D eigenvalue weighted by molar-refractivity contribution is 5.37. The number of rotatable bonds is 2. The Bertz CT molecular complexity index is 1090. The van der Waals surface area contributed by atoms with E-state index in [-0.39, 0.29) is 21.7 Å². The van der Waals surface area contributed by atoms with Crippen LogP contribution < -0.4 is 0 Å². The van der Waals surface area contributed by atoms with Crippen molar-refractivity contribution in [3.8, 4) is 0 Å². The molecule has 4 fully saturated rings. The molecule has 0 heteroatoms. The average Bonchev–Trinajstić information content (AvgIpc) is 3.14. The van der Waals surface area contributed by atoms with Crippen LogP contribution in [0, 0.1) is 54.7 Å². The fourth-order valence-electron chi connectivity index (χ4n) is 13.6. The highest BCUT2D eigenvalue weighted by Crippen LogP contribution is 2.89. The Balaban J connectivity index is 1.74. The quantitative estimate of drug-likeness (QED) is 0.328. The molecule has 208 valence electrons. The minimum atomic E-state index is 0.221. The Morgan fingerprint density at radius 3 is 1.65 bits per heavy atom. The highest BCUT2D eigenvalue weighted by atomic mass is 14.9. The molecule has 37 heavy (non-hydrogen) atoms. The number of hydrogen-bond donors (Lipinski definition) is 0. The van der Waals surface area contributed by atoms with Gasteiger partial charge in [-0.2, -0.15) is 0 Å². The van der Waals surface area contributed by atoms with E-state index in [4.69, 9.17) is 6.58 Å². The Morgan fingerprint density at radius 1 is 0.649 bits per heavy atom. The van der Waals surface area contributed by atoms with Crippen LogP contribution in [0.25, 0.3) is 0 Å². The first kappa shape index (κ1) is 27.8. The first-order valence-electron chi connectivity index (χ1n) is 15.7. The third-order valence-corrected chi connectivity index (χ3v) is 17.7. The lowest BCUT2D eigenvalue weighted by molar-refractivity contribution is -0.335. The normalized spacial score (nSPS) is 56.3. The predicted octanol–water partition coefficient (Wildman–Crippen LogP) is 11.3. The Kier molecular flexibility index (Phi) is 5.47. The fourth-order valence-corrected chi connectivity index (χ4v) is 13.6. The summed E-state index contributed by atoms with van der Waals surface area (Å²) in [7, 11) is 0. The first-order valence-corrected chi connectivity index (χ1v) is 15.7. The van der Waals surface area contributed by atoms with E-state index in [1.807, 2.05) is 0 Å². The van der Waals surface area contributed by atoms with Crippen molar-refractivity contribution in [2.45, 2.75) is 141 Å². The van der Waals surface area contributed by atoms with E-state index in [0.717, 1.165) is 0 Å². The zero-order valence-electron chi connectivity index (χ0n) is 26.9. The van der Waals surface area contributed by atoms with Gasteiger partial charge in [-0.1, -0.05) is 98.3 Å². The van der Waals surface area contributed by atoms with E-state index in [1.165, 1.54) is 68.9 Å². The van der Waals surface area contributed by atoms with Crippen molar-refractivity contribution in [1.82, 2.24) is 0 Å². The molecule has 0 spiro atoms. The molecular formula is C37H60. The zero-order valence-corrected chi connectivity index (χ0v) is 26.9. The van der Waals surface area contributed by atoms with Gasteiger partial charge in [0.15, 0.2) is 0 Å². The molecule has 0 aromatic rings. The molecule has 4 saturated carbocycles. The van der Waals surface area contributed by atoms with E-state index in [2.05, 4.69) is 95.7 Å². The van der Waals surface area contributed by atoms with Crippen LogP contribution in [-0.2, 0) is 0 Å². The van der Waals surface area contributed by atoms with E-state index < -0.39 is 0 Å². The van der Waals surface area contributed by atoms with Gasteiger partial charge in [0, 0.05) is 0 Å². The third-order valence-electron chi connectivity index (χ3n) is 17.7. The van der Waals surface area contributed by atoms with Gasteiger partial charge >= 0.3 is 0 Å². The minimum Gasteiger partial charge on any atom is -0.0998 e. The predicted molar refractivity (Wildman–Crippen MR) is 161 cm³/mol. The monoisotopic (exact) mass is 504 g/mol. The van der Waals surface area contributed by atoms with Crippen molar-refractivity contribution in [2.24, 2.45) is 54.7 Å². The van der Waals surface area contributed by atoms with Gasteiger partial charge < -0.3 is 0 Å². The molecule has 9 atom stereocenters. The first-order chi connectivity index (χ1) is 16.7. The standard InChI is InChI=1S/C37H60/c1-25(2)28-16-18-37(26(3)4)24-23-34(12)33(11)20-19-30(8)29(6,7)27(5)15-17-31(30,9)32(33,10)21-22-35(34,13)36(28,37)14/h15,28H,1,3,16-24H2,2,4-14H3/t28-,30-,31-,32+,33+,34-,35-,36+,37+/m0/s1. The molecule has 0 aromatic heterocycles. The molecule has 0 N–H and O–H groups in total. The smallest absolute Gasteiger partial charge is 0.00282 e. The molecular weight excluding hydrogens is 444 g/mol. The average molecular weight is 505 g/mol. The van der Waals surface area contributed by atoms with E-state index in [1.54, 1.807) is 5.57 Å². The van der Waals surface area contributed by atoms with Crippen LogP contribution >= 0.6 is 0 Å². The number of fused-ring (bicyclic) bond motifs is 7. The van der Waals surface area contributed by atoms with E-state index in [9.17, 15) is 0 Å². The topological polar surface area (TPSA) is 0 Å². The molecule has 0 bridgehead atoms. The maximum atomic E-state index is 4.72. The number of allylic oxidation sites excluding steroid dienone is 4. The van der Waals surface area contributed by atoms with Crippen molar-refractivity contribution in [3.63, 3.8) is 0 Å². The molecule has 5 rings (SSSR count). The molecule has 0 aromatic carbocycles. The summed E-state index contributed by atoms with van der Waals surface area (Å²) >= 11 is 0. The van der Waals surface area contributed by atoms with E-state index >= 15 is 0 Å². The van der Waals surface area contributed by atoms with Crippen molar-refractivity contribution in [3.05, 3.63) is 36.0 Å². The van der Waals surface area contributed by atoms with Gasteiger partial charge in [0.2, 0.25) is 0 Å². The Morgan fingerprint density at radius 2 is 1.11 bits per heavy atom. The zero-order chi connectivity index (χ0) is 27.9. The summed E-state index contributed by atoms with van der Waals surface area (Å²) in [6.07, 6.45) is 14.6. The molecule has 0 amide bonds. The number of hydrogen-bond acceptors (Lipinski definition) is 0. The van der Waals surface area contributed by atoms with Crippen LogP contribution in [0.1, 0.15) is 141 Å². The minimum absolute atomic E-state index is 0.221. The maximum Gasteiger partial charge on any atom is -0.00282 e. The SMILES string of the molecule is C=C(C)[C@@H]1CC[C@]2(C(=C)C)CC[C@@]3(C)[C@]4(C)CC[C@@]5(C)C(C)(C)C(C)=CC[C@]5(C)[C@@]4(C)CC[C@]3(C)[C@@]12C. The molecule has 0 radical (unpaired) electrons. The fraction of sp³-hybridized carbons (Fsp3) is 0.838. The van der Waals surface area contributed by atoms with Crippen LogP contribution in [0.5, 0.6) is 0 Å². The highest BCUT2D eigenvalue weighted by Gasteiger charge is 2.81. The van der Waals surface area contributed by atoms with E-state index in [0.29, 0.717) is 33.0 Å². The van der Waals surface area contributed by atoms with Gasteiger partial charge in [-0.05, 0) is 133 Å². The lowest BCUT2D eigenvalue weighted by atomic mass is 9.21. The Hall–Kier alpha value is -0.780. The summed E-state index contributed by atoms with van der Waals surface area (Å²) < 4.78 is 0. The van der Waals surface area contributed by atoms with Crippen LogP contribution in [0.4, 0.5) is 0 Å². The second-order valence-electron chi connectivity index (χ2n) is 17.2. The van der Waals surface area contributed by atoms with Crippen molar-refractivity contribution in [1.29, 1.82) is 0 Å². The van der Waals surface area contributed by atoms with Gasteiger partial charge in [0.05, 0.1) is 0 Å².